The fourth-order valence-electron chi connectivity index (χ4n) is 2.25. The molecule has 2 aliphatic rings. The number of aryl methyl sites for hydroxylation is 1. The Hall–Kier alpha value is -1.31. The molecule has 1 aliphatic heterocycles. The highest BCUT2D eigenvalue weighted by Gasteiger charge is 2.51. The lowest BCUT2D eigenvalue weighted by molar-refractivity contribution is 0.330. The zero-order valence-electron chi connectivity index (χ0n) is 8.99. The Morgan fingerprint density at radius 1 is 1.20 bits per heavy atom. The maximum absolute atomic E-state index is 5.61. The van der Waals surface area contributed by atoms with Crippen LogP contribution in [0.1, 0.15) is 24.0 Å². The van der Waals surface area contributed by atoms with Crippen LogP contribution in [-0.4, -0.2) is 19.0 Å². The Labute approximate surface area is 90.0 Å². The van der Waals surface area contributed by atoms with Crippen molar-refractivity contribution in [1.29, 1.82) is 0 Å². The number of nitrogens with zero attached hydrogens (tertiary/aromatic N) is 1. The van der Waals surface area contributed by atoms with E-state index in [1.165, 1.54) is 24.0 Å². The molecule has 1 aromatic carbocycles. The molecule has 3 rings (SSSR count). The van der Waals surface area contributed by atoms with Gasteiger partial charge in [-0.2, -0.15) is 0 Å². The molecule has 0 atom stereocenters. The quantitative estimate of drug-likeness (QED) is 0.720. The van der Waals surface area contributed by atoms with Crippen molar-refractivity contribution in [2.75, 3.05) is 13.2 Å². The Bertz CT molecular complexity index is 401. The minimum atomic E-state index is 0.143. The van der Waals surface area contributed by atoms with Gasteiger partial charge in [0.05, 0.1) is 12.0 Å². The van der Waals surface area contributed by atoms with Crippen LogP contribution in [-0.2, 0) is 10.2 Å². The van der Waals surface area contributed by atoms with E-state index in [9.17, 15) is 0 Å². The summed E-state index contributed by atoms with van der Waals surface area (Å²) in [5.74, 6) is 0.978. The molecule has 2 nitrogen and oxygen atoms in total. The van der Waals surface area contributed by atoms with Crippen LogP contribution in [0.3, 0.4) is 0 Å². The molecule has 0 bridgehead atoms. The first-order valence-electron chi connectivity index (χ1n) is 5.56. The summed E-state index contributed by atoms with van der Waals surface area (Å²) in [6, 6.07) is 8.77. The van der Waals surface area contributed by atoms with Crippen LogP contribution in [0.2, 0.25) is 0 Å². The molecule has 0 aromatic heterocycles. The number of hydrogen-bond acceptors (Lipinski definition) is 2. The molecule has 15 heavy (non-hydrogen) atoms. The Balaban J connectivity index is 1.96. The van der Waals surface area contributed by atoms with E-state index >= 15 is 0 Å². The van der Waals surface area contributed by atoms with Gasteiger partial charge in [0.2, 0.25) is 0 Å². The summed E-state index contributed by atoms with van der Waals surface area (Å²) >= 11 is 0. The van der Waals surface area contributed by atoms with E-state index in [2.05, 4.69) is 36.2 Å². The van der Waals surface area contributed by atoms with E-state index in [4.69, 9.17) is 4.74 Å². The van der Waals surface area contributed by atoms with Crippen molar-refractivity contribution in [2.24, 2.45) is 4.99 Å². The van der Waals surface area contributed by atoms with Crippen LogP contribution >= 0.6 is 0 Å². The van der Waals surface area contributed by atoms with Crippen molar-refractivity contribution in [3.63, 3.8) is 0 Å². The van der Waals surface area contributed by atoms with Gasteiger partial charge in [-0.05, 0) is 25.3 Å². The van der Waals surface area contributed by atoms with Gasteiger partial charge in [0.1, 0.15) is 6.61 Å². The van der Waals surface area contributed by atoms with E-state index in [1.54, 1.807) is 0 Å². The van der Waals surface area contributed by atoms with Crippen molar-refractivity contribution in [3.8, 4) is 0 Å². The highest BCUT2D eigenvalue weighted by Crippen LogP contribution is 2.50. The summed E-state index contributed by atoms with van der Waals surface area (Å²) in [5, 5.41) is 0. The van der Waals surface area contributed by atoms with Gasteiger partial charge in [-0.15, -0.1) is 0 Å². The first-order valence-corrected chi connectivity index (χ1v) is 5.56. The third-order valence-electron chi connectivity index (χ3n) is 3.35. The third kappa shape index (κ3) is 1.36. The van der Waals surface area contributed by atoms with E-state index in [0.29, 0.717) is 0 Å². The predicted molar refractivity (Wildman–Crippen MR) is 60.3 cm³/mol. The van der Waals surface area contributed by atoms with Gasteiger partial charge in [0.15, 0.2) is 5.90 Å². The minimum Gasteiger partial charge on any atom is -0.478 e. The van der Waals surface area contributed by atoms with Crippen LogP contribution in [0.5, 0.6) is 0 Å². The molecule has 78 valence electrons. The Morgan fingerprint density at radius 3 is 2.47 bits per heavy atom. The van der Waals surface area contributed by atoms with Gasteiger partial charge in [0, 0.05) is 0 Å². The molecular weight excluding hydrogens is 186 g/mol. The first-order chi connectivity index (χ1) is 7.31. The van der Waals surface area contributed by atoms with Crippen molar-refractivity contribution in [1.82, 2.24) is 0 Å². The molecule has 0 N–H and O–H groups in total. The lowest BCUT2D eigenvalue weighted by Crippen LogP contribution is -2.20. The van der Waals surface area contributed by atoms with E-state index in [1.807, 2.05) is 0 Å². The summed E-state index contributed by atoms with van der Waals surface area (Å²) in [6.07, 6.45) is 2.38. The smallest absolute Gasteiger partial charge is 0.194 e. The Kier molecular flexibility index (Phi) is 1.84. The normalized spacial score (nSPS) is 22.1. The average molecular weight is 201 g/mol. The standard InChI is InChI=1S/C13H15NO/c1-10-2-4-11(5-3-10)13(6-7-13)12-14-8-9-15-12/h2-5H,6-9H2,1H3. The molecule has 2 heteroatoms. The molecule has 0 unspecified atom stereocenters. The van der Waals surface area contributed by atoms with E-state index in [-0.39, 0.29) is 5.41 Å². The molecule has 1 aromatic rings. The number of aliphatic imine (C=N–C) groups is 1. The van der Waals surface area contributed by atoms with Crippen LogP contribution in [0, 0.1) is 6.92 Å². The van der Waals surface area contributed by atoms with Crippen LogP contribution in [0.25, 0.3) is 0 Å². The summed E-state index contributed by atoms with van der Waals surface area (Å²) in [7, 11) is 0. The van der Waals surface area contributed by atoms with Crippen molar-refractivity contribution in [3.05, 3.63) is 35.4 Å². The summed E-state index contributed by atoms with van der Waals surface area (Å²) in [6.45, 7) is 3.72. The molecule has 0 radical (unpaired) electrons. The van der Waals surface area contributed by atoms with E-state index in [0.717, 1.165) is 19.0 Å². The molecular formula is C13H15NO. The highest BCUT2D eigenvalue weighted by atomic mass is 16.5. The van der Waals surface area contributed by atoms with Gasteiger partial charge in [-0.1, -0.05) is 29.8 Å². The largest absolute Gasteiger partial charge is 0.478 e. The molecule has 0 saturated heterocycles. The maximum atomic E-state index is 5.61. The molecule has 1 fully saturated rings. The number of benzene rings is 1. The molecule has 0 spiro atoms. The highest BCUT2D eigenvalue weighted by molar-refractivity contribution is 5.92. The topological polar surface area (TPSA) is 21.6 Å². The SMILES string of the molecule is Cc1ccc(C2(C3=NCCO3)CC2)cc1. The minimum absolute atomic E-state index is 0.143. The van der Waals surface area contributed by atoms with Crippen molar-refractivity contribution < 1.29 is 4.74 Å². The molecule has 1 saturated carbocycles. The maximum Gasteiger partial charge on any atom is 0.194 e. The molecule has 0 amide bonds. The predicted octanol–water partition coefficient (Wildman–Crippen LogP) is 2.46. The first kappa shape index (κ1) is 8.96. The fourth-order valence-corrected chi connectivity index (χ4v) is 2.25. The lowest BCUT2D eigenvalue weighted by Gasteiger charge is -2.15. The van der Waals surface area contributed by atoms with Crippen LogP contribution < -0.4 is 0 Å². The summed E-state index contributed by atoms with van der Waals surface area (Å²) < 4.78 is 5.61. The second kappa shape index (κ2) is 3.09. The van der Waals surface area contributed by atoms with Gasteiger partial charge in [0.25, 0.3) is 0 Å². The van der Waals surface area contributed by atoms with Gasteiger partial charge in [-0.3, -0.25) is 4.99 Å². The third-order valence-corrected chi connectivity index (χ3v) is 3.35. The molecule has 1 aliphatic carbocycles. The van der Waals surface area contributed by atoms with E-state index < -0.39 is 0 Å². The number of ether oxygens (including phenoxy) is 1. The Morgan fingerprint density at radius 2 is 1.93 bits per heavy atom. The average Bonchev–Trinajstić information content (AvgIpc) is 2.88. The number of rotatable bonds is 2. The zero-order chi connectivity index (χ0) is 10.3. The van der Waals surface area contributed by atoms with Gasteiger partial charge in [-0.25, -0.2) is 0 Å². The second-order valence-electron chi connectivity index (χ2n) is 4.48. The van der Waals surface area contributed by atoms with Crippen LogP contribution in [0.4, 0.5) is 0 Å². The lowest BCUT2D eigenvalue weighted by atomic mass is 9.95. The summed E-state index contributed by atoms with van der Waals surface area (Å²) in [5.41, 5.74) is 2.82. The number of hydrogen-bond donors (Lipinski definition) is 0. The van der Waals surface area contributed by atoms with Gasteiger partial charge < -0.3 is 4.74 Å². The van der Waals surface area contributed by atoms with Crippen molar-refractivity contribution >= 4 is 5.90 Å². The fraction of sp³-hybridized carbons (Fsp3) is 0.462. The monoisotopic (exact) mass is 201 g/mol. The zero-order valence-corrected chi connectivity index (χ0v) is 8.99. The molecule has 1 heterocycles. The second-order valence-corrected chi connectivity index (χ2v) is 4.48. The van der Waals surface area contributed by atoms with Gasteiger partial charge >= 0.3 is 0 Å². The summed E-state index contributed by atoms with van der Waals surface area (Å²) in [4.78, 5) is 4.46. The van der Waals surface area contributed by atoms with Crippen molar-refractivity contribution in [2.45, 2.75) is 25.2 Å². The van der Waals surface area contributed by atoms with Crippen LogP contribution in [0.15, 0.2) is 29.3 Å².